The van der Waals surface area contributed by atoms with Crippen molar-refractivity contribution in [1.29, 1.82) is 0 Å². The monoisotopic (exact) mass is 247 g/mol. The van der Waals surface area contributed by atoms with Crippen molar-refractivity contribution < 1.29 is 4.74 Å². The van der Waals surface area contributed by atoms with Crippen LogP contribution in [0.1, 0.15) is 38.2 Å². The summed E-state index contributed by atoms with van der Waals surface area (Å²) in [7, 11) is 0. The Balaban J connectivity index is 1.69. The van der Waals surface area contributed by atoms with E-state index < -0.39 is 0 Å². The average molecular weight is 247 g/mol. The Bertz CT molecular complexity index is 327. The number of hydrogen-bond acceptors (Lipinski definition) is 2. The number of ether oxygens (including phenoxy) is 1. The van der Waals surface area contributed by atoms with Gasteiger partial charge in [-0.25, -0.2) is 0 Å². The normalized spacial score (nSPS) is 19.7. The van der Waals surface area contributed by atoms with Crippen LogP contribution in [0.2, 0.25) is 0 Å². The second-order valence-electron chi connectivity index (χ2n) is 5.24. The Kier molecular flexibility index (Phi) is 5.53. The summed E-state index contributed by atoms with van der Waals surface area (Å²) >= 11 is 0. The highest BCUT2D eigenvalue weighted by Crippen LogP contribution is 2.17. The fourth-order valence-electron chi connectivity index (χ4n) is 2.55. The molecule has 0 aromatic heterocycles. The zero-order valence-electron chi connectivity index (χ0n) is 11.5. The molecule has 100 valence electrons. The van der Waals surface area contributed by atoms with Crippen molar-refractivity contribution in [1.82, 2.24) is 5.32 Å². The lowest BCUT2D eigenvalue weighted by Gasteiger charge is -2.22. The fraction of sp³-hybridized carbons (Fsp3) is 0.625. The minimum Gasteiger partial charge on any atom is -0.494 e. The summed E-state index contributed by atoms with van der Waals surface area (Å²) < 4.78 is 5.81. The number of rotatable bonds is 6. The molecule has 2 nitrogen and oxygen atoms in total. The molecular weight excluding hydrogens is 222 g/mol. The van der Waals surface area contributed by atoms with E-state index in [-0.39, 0.29) is 0 Å². The Hall–Kier alpha value is -1.02. The molecule has 0 spiro atoms. The molecule has 0 unspecified atom stereocenters. The van der Waals surface area contributed by atoms with Gasteiger partial charge in [-0.15, -0.1) is 0 Å². The highest BCUT2D eigenvalue weighted by Gasteiger charge is 2.12. The Morgan fingerprint density at radius 3 is 2.78 bits per heavy atom. The average Bonchev–Trinajstić information content (AvgIpc) is 2.42. The second kappa shape index (κ2) is 7.42. The summed E-state index contributed by atoms with van der Waals surface area (Å²) in [6.45, 7) is 5.41. The molecule has 1 aliphatic heterocycles. The van der Waals surface area contributed by atoms with Crippen molar-refractivity contribution in [3.8, 4) is 5.75 Å². The van der Waals surface area contributed by atoms with Gasteiger partial charge in [0.2, 0.25) is 0 Å². The lowest BCUT2D eigenvalue weighted by Crippen LogP contribution is -2.30. The van der Waals surface area contributed by atoms with E-state index in [0.717, 1.165) is 24.7 Å². The van der Waals surface area contributed by atoms with Gasteiger partial charge in [-0.2, -0.15) is 0 Å². The Labute approximate surface area is 111 Å². The van der Waals surface area contributed by atoms with Crippen LogP contribution in [0.3, 0.4) is 0 Å². The van der Waals surface area contributed by atoms with Crippen molar-refractivity contribution >= 4 is 0 Å². The highest BCUT2D eigenvalue weighted by molar-refractivity contribution is 5.27. The molecule has 0 radical (unpaired) electrons. The smallest absolute Gasteiger partial charge is 0.119 e. The maximum absolute atomic E-state index is 5.81. The Morgan fingerprint density at radius 2 is 2.11 bits per heavy atom. The lowest BCUT2D eigenvalue weighted by molar-refractivity contribution is 0.254. The number of aryl methyl sites for hydroxylation is 1. The SMILES string of the molecule is CCCc1ccc(OCC[C@H]2CCCNC2)cc1. The van der Waals surface area contributed by atoms with Gasteiger partial charge in [-0.1, -0.05) is 25.5 Å². The van der Waals surface area contributed by atoms with Gasteiger partial charge in [0.15, 0.2) is 0 Å². The molecule has 1 N–H and O–H groups in total. The van der Waals surface area contributed by atoms with Crippen molar-refractivity contribution in [2.75, 3.05) is 19.7 Å². The van der Waals surface area contributed by atoms with Gasteiger partial charge in [0.05, 0.1) is 6.61 Å². The first-order chi connectivity index (χ1) is 8.88. The van der Waals surface area contributed by atoms with Crippen molar-refractivity contribution in [2.45, 2.75) is 39.0 Å². The van der Waals surface area contributed by atoms with Crippen molar-refractivity contribution in [3.05, 3.63) is 29.8 Å². The van der Waals surface area contributed by atoms with Gasteiger partial charge in [0.25, 0.3) is 0 Å². The summed E-state index contributed by atoms with van der Waals surface area (Å²) in [6.07, 6.45) is 6.20. The van der Waals surface area contributed by atoms with Crippen LogP contribution in [0, 0.1) is 5.92 Å². The third-order valence-electron chi connectivity index (χ3n) is 3.66. The van der Waals surface area contributed by atoms with Crippen LogP contribution in [-0.2, 0) is 6.42 Å². The van der Waals surface area contributed by atoms with Crippen LogP contribution in [0.4, 0.5) is 0 Å². The summed E-state index contributed by atoms with van der Waals surface area (Å²) in [5.41, 5.74) is 1.40. The van der Waals surface area contributed by atoms with E-state index in [1.165, 1.54) is 44.3 Å². The van der Waals surface area contributed by atoms with Crippen LogP contribution in [0.25, 0.3) is 0 Å². The summed E-state index contributed by atoms with van der Waals surface area (Å²) in [5.74, 6) is 1.82. The lowest BCUT2D eigenvalue weighted by atomic mass is 9.97. The van der Waals surface area contributed by atoms with E-state index in [4.69, 9.17) is 4.74 Å². The molecule has 18 heavy (non-hydrogen) atoms. The molecule has 1 heterocycles. The van der Waals surface area contributed by atoms with Gasteiger partial charge in [0.1, 0.15) is 5.75 Å². The van der Waals surface area contributed by atoms with E-state index in [1.54, 1.807) is 0 Å². The van der Waals surface area contributed by atoms with E-state index in [2.05, 4.69) is 36.5 Å². The molecule has 1 fully saturated rings. The molecule has 0 aliphatic carbocycles. The standard InChI is InChI=1S/C16H25NO/c1-2-4-14-6-8-16(9-7-14)18-12-10-15-5-3-11-17-13-15/h6-9,15,17H,2-5,10-13H2,1H3/t15-/m1/s1. The molecule has 2 rings (SSSR count). The molecule has 2 heteroatoms. The molecule has 1 aliphatic rings. The summed E-state index contributed by atoms with van der Waals surface area (Å²) in [5, 5.41) is 3.45. The molecule has 0 amide bonds. The largest absolute Gasteiger partial charge is 0.494 e. The van der Waals surface area contributed by atoms with E-state index in [9.17, 15) is 0 Å². The molecule has 1 saturated heterocycles. The summed E-state index contributed by atoms with van der Waals surface area (Å²) in [6, 6.07) is 8.57. The minimum atomic E-state index is 0.804. The van der Waals surface area contributed by atoms with Gasteiger partial charge >= 0.3 is 0 Å². The topological polar surface area (TPSA) is 21.3 Å². The number of nitrogens with one attached hydrogen (secondary N) is 1. The summed E-state index contributed by atoms with van der Waals surface area (Å²) in [4.78, 5) is 0. The third kappa shape index (κ3) is 4.34. The zero-order chi connectivity index (χ0) is 12.6. The maximum atomic E-state index is 5.81. The van der Waals surface area contributed by atoms with Gasteiger partial charge in [-0.05, 0) is 62.4 Å². The zero-order valence-corrected chi connectivity index (χ0v) is 11.5. The highest BCUT2D eigenvalue weighted by atomic mass is 16.5. The first-order valence-electron chi connectivity index (χ1n) is 7.31. The van der Waals surface area contributed by atoms with Crippen LogP contribution in [0.15, 0.2) is 24.3 Å². The maximum Gasteiger partial charge on any atom is 0.119 e. The molecule has 1 aromatic carbocycles. The van der Waals surface area contributed by atoms with Gasteiger partial charge < -0.3 is 10.1 Å². The number of benzene rings is 1. The van der Waals surface area contributed by atoms with Crippen LogP contribution in [0.5, 0.6) is 5.75 Å². The number of hydrogen-bond donors (Lipinski definition) is 1. The van der Waals surface area contributed by atoms with E-state index >= 15 is 0 Å². The minimum absolute atomic E-state index is 0.804. The van der Waals surface area contributed by atoms with Gasteiger partial charge in [-0.3, -0.25) is 0 Å². The molecular formula is C16H25NO. The predicted octanol–water partition coefficient (Wildman–Crippen LogP) is 3.41. The Morgan fingerprint density at radius 1 is 1.28 bits per heavy atom. The first kappa shape index (κ1) is 13.4. The van der Waals surface area contributed by atoms with Gasteiger partial charge in [0, 0.05) is 0 Å². The first-order valence-corrected chi connectivity index (χ1v) is 7.31. The van der Waals surface area contributed by atoms with E-state index in [0.29, 0.717) is 0 Å². The van der Waals surface area contributed by atoms with Crippen LogP contribution < -0.4 is 10.1 Å². The van der Waals surface area contributed by atoms with Crippen molar-refractivity contribution in [2.24, 2.45) is 5.92 Å². The molecule has 0 saturated carbocycles. The van der Waals surface area contributed by atoms with E-state index in [1.807, 2.05) is 0 Å². The molecule has 0 bridgehead atoms. The number of piperidine rings is 1. The quantitative estimate of drug-likeness (QED) is 0.832. The van der Waals surface area contributed by atoms with Crippen molar-refractivity contribution in [3.63, 3.8) is 0 Å². The van der Waals surface area contributed by atoms with Crippen LogP contribution in [-0.4, -0.2) is 19.7 Å². The predicted molar refractivity (Wildman–Crippen MR) is 76.1 cm³/mol. The molecule has 1 atom stereocenters. The van der Waals surface area contributed by atoms with Crippen LogP contribution >= 0.6 is 0 Å². The molecule has 1 aromatic rings. The fourth-order valence-corrected chi connectivity index (χ4v) is 2.55. The third-order valence-corrected chi connectivity index (χ3v) is 3.66. The second-order valence-corrected chi connectivity index (χ2v) is 5.24.